The number of carbonyl (C=O) groups is 3. The van der Waals surface area contributed by atoms with Gasteiger partial charge in [0.2, 0.25) is 5.91 Å². The fourth-order valence-corrected chi connectivity index (χ4v) is 4.70. The number of likely N-dealkylation sites (tertiary alicyclic amines) is 1. The summed E-state index contributed by atoms with van der Waals surface area (Å²) in [6, 6.07) is 3.62. The molecule has 1 amide bonds. The van der Waals surface area contributed by atoms with Crippen LogP contribution in [0.5, 0.6) is 0 Å². The van der Waals surface area contributed by atoms with Gasteiger partial charge in [-0.25, -0.2) is 0 Å². The lowest BCUT2D eigenvalue weighted by Gasteiger charge is -2.34. The molecule has 1 aromatic heterocycles. The van der Waals surface area contributed by atoms with Crippen LogP contribution in [0.2, 0.25) is 0 Å². The van der Waals surface area contributed by atoms with Crippen LogP contribution >= 0.6 is 11.3 Å². The Morgan fingerprint density at radius 3 is 2.41 bits per heavy atom. The second kappa shape index (κ2) is 11.6. The molecule has 0 atom stereocenters. The highest BCUT2D eigenvalue weighted by Crippen LogP contribution is 2.22. The summed E-state index contributed by atoms with van der Waals surface area (Å²) in [5.74, 6) is 0.781. The van der Waals surface area contributed by atoms with E-state index in [9.17, 15) is 14.4 Å². The molecule has 3 heterocycles. The Morgan fingerprint density at radius 1 is 1.00 bits per heavy atom. The van der Waals surface area contributed by atoms with E-state index in [1.807, 2.05) is 16.3 Å². The highest BCUT2D eigenvalue weighted by molar-refractivity contribution is 7.12. The van der Waals surface area contributed by atoms with Crippen LogP contribution < -0.4 is 0 Å². The predicted molar refractivity (Wildman–Crippen MR) is 113 cm³/mol. The van der Waals surface area contributed by atoms with Crippen molar-refractivity contribution >= 4 is 28.8 Å². The van der Waals surface area contributed by atoms with Gasteiger partial charge in [-0.1, -0.05) is 6.07 Å². The summed E-state index contributed by atoms with van der Waals surface area (Å²) in [5.41, 5.74) is 0. The first-order chi connectivity index (χ1) is 14.1. The number of amides is 1. The maximum atomic E-state index is 12.4. The van der Waals surface area contributed by atoms with Gasteiger partial charge in [0.25, 0.3) is 0 Å². The van der Waals surface area contributed by atoms with Gasteiger partial charge < -0.3 is 9.64 Å². The third-order valence-corrected chi connectivity index (χ3v) is 6.88. The number of Topliss-reactive ketones (excluding diaryl/α,β-unsaturated/α-hetero) is 2. The summed E-state index contributed by atoms with van der Waals surface area (Å²) in [7, 11) is 0. The summed E-state index contributed by atoms with van der Waals surface area (Å²) in [6.07, 6.45) is 4.28. The molecule has 2 fully saturated rings. The number of hydrogen-bond acceptors (Lipinski definition) is 6. The zero-order chi connectivity index (χ0) is 20.5. The summed E-state index contributed by atoms with van der Waals surface area (Å²) in [4.78, 5) is 41.5. The first-order valence-electron chi connectivity index (χ1n) is 10.8. The Labute approximate surface area is 177 Å². The average Bonchev–Trinajstić information content (AvgIpc) is 3.30. The normalized spacial score (nSPS) is 18.7. The molecule has 0 bridgehead atoms. The van der Waals surface area contributed by atoms with Gasteiger partial charge in [-0.05, 0) is 43.2 Å². The smallest absolute Gasteiger partial charge is 0.223 e. The van der Waals surface area contributed by atoms with Crippen LogP contribution in [-0.4, -0.2) is 73.2 Å². The molecule has 0 aromatic carbocycles. The number of piperidine rings is 1. The van der Waals surface area contributed by atoms with Crippen LogP contribution in [-0.2, 0) is 14.3 Å². The van der Waals surface area contributed by atoms with Crippen LogP contribution in [0.3, 0.4) is 0 Å². The van der Waals surface area contributed by atoms with Crippen molar-refractivity contribution < 1.29 is 19.1 Å². The Balaban J connectivity index is 1.27. The zero-order valence-electron chi connectivity index (χ0n) is 17.1. The number of nitrogens with zero attached hydrogens (tertiary/aromatic N) is 2. The van der Waals surface area contributed by atoms with Gasteiger partial charge in [0.15, 0.2) is 5.78 Å². The van der Waals surface area contributed by atoms with Gasteiger partial charge in [-0.2, -0.15) is 0 Å². The third kappa shape index (κ3) is 7.32. The van der Waals surface area contributed by atoms with Gasteiger partial charge >= 0.3 is 0 Å². The SMILES string of the molecule is O=C(CCC(=O)c1cccs1)CCC(=O)N1CCC(CCN2CCOCC2)CC1. The third-order valence-electron chi connectivity index (χ3n) is 5.97. The molecular formula is C22H32N2O4S. The van der Waals surface area contributed by atoms with Gasteiger partial charge in [-0.3, -0.25) is 19.3 Å². The van der Waals surface area contributed by atoms with E-state index in [0.29, 0.717) is 10.8 Å². The molecule has 0 N–H and O–H groups in total. The number of ether oxygens (including phenoxy) is 1. The lowest BCUT2D eigenvalue weighted by molar-refractivity contribution is -0.134. The summed E-state index contributed by atoms with van der Waals surface area (Å²) < 4.78 is 5.39. The zero-order valence-corrected chi connectivity index (χ0v) is 18.0. The lowest BCUT2D eigenvalue weighted by Crippen LogP contribution is -2.40. The van der Waals surface area contributed by atoms with E-state index >= 15 is 0 Å². The van der Waals surface area contributed by atoms with Gasteiger partial charge in [0.05, 0.1) is 18.1 Å². The van der Waals surface area contributed by atoms with Crippen LogP contribution in [0.15, 0.2) is 17.5 Å². The van der Waals surface area contributed by atoms with Gasteiger partial charge in [0.1, 0.15) is 5.78 Å². The van der Waals surface area contributed by atoms with Crippen LogP contribution in [0, 0.1) is 5.92 Å². The highest BCUT2D eigenvalue weighted by Gasteiger charge is 2.24. The molecule has 3 rings (SSSR count). The van der Waals surface area contributed by atoms with Crippen molar-refractivity contribution in [2.24, 2.45) is 5.92 Å². The highest BCUT2D eigenvalue weighted by atomic mass is 32.1. The Morgan fingerprint density at radius 2 is 1.72 bits per heavy atom. The Kier molecular flexibility index (Phi) is 8.83. The molecule has 29 heavy (non-hydrogen) atoms. The first kappa shape index (κ1) is 22.1. The summed E-state index contributed by atoms with van der Waals surface area (Å²) in [6.45, 7) is 6.48. The molecule has 160 valence electrons. The largest absolute Gasteiger partial charge is 0.379 e. The van der Waals surface area contributed by atoms with Gasteiger partial charge in [-0.15, -0.1) is 11.3 Å². The predicted octanol–water partition coefficient (Wildman–Crippen LogP) is 3.02. The molecule has 0 saturated carbocycles. The molecule has 6 nitrogen and oxygen atoms in total. The van der Waals surface area contributed by atoms with Crippen LogP contribution in [0.1, 0.15) is 54.6 Å². The topological polar surface area (TPSA) is 66.9 Å². The van der Waals surface area contributed by atoms with Gasteiger partial charge in [0, 0.05) is 51.9 Å². The second-order valence-corrected chi connectivity index (χ2v) is 8.95. The number of hydrogen-bond donors (Lipinski definition) is 0. The number of ketones is 2. The number of carbonyl (C=O) groups excluding carboxylic acids is 3. The fourth-order valence-electron chi connectivity index (χ4n) is 4.00. The van der Waals surface area contributed by atoms with E-state index in [-0.39, 0.29) is 43.2 Å². The molecule has 0 unspecified atom stereocenters. The van der Waals surface area contributed by atoms with Crippen LogP contribution in [0.25, 0.3) is 0 Å². The molecule has 2 saturated heterocycles. The van der Waals surface area contributed by atoms with Crippen molar-refractivity contribution in [1.82, 2.24) is 9.80 Å². The van der Waals surface area contributed by atoms with E-state index in [2.05, 4.69) is 4.90 Å². The van der Waals surface area contributed by atoms with Crippen molar-refractivity contribution in [2.45, 2.75) is 44.9 Å². The van der Waals surface area contributed by atoms with E-state index in [1.165, 1.54) is 17.8 Å². The Hall–Kier alpha value is -1.57. The maximum Gasteiger partial charge on any atom is 0.223 e. The average molecular weight is 421 g/mol. The molecule has 7 heteroatoms. The van der Waals surface area contributed by atoms with E-state index in [1.54, 1.807) is 6.07 Å². The van der Waals surface area contributed by atoms with Crippen molar-refractivity contribution in [1.29, 1.82) is 0 Å². The number of rotatable bonds is 10. The Bertz CT molecular complexity index is 662. The molecular weight excluding hydrogens is 388 g/mol. The monoisotopic (exact) mass is 420 g/mol. The minimum absolute atomic E-state index is 0.00338. The number of thiophene rings is 1. The lowest BCUT2D eigenvalue weighted by atomic mass is 9.93. The van der Waals surface area contributed by atoms with Crippen molar-refractivity contribution in [3.63, 3.8) is 0 Å². The fraction of sp³-hybridized carbons (Fsp3) is 0.682. The van der Waals surface area contributed by atoms with Crippen molar-refractivity contribution in [3.8, 4) is 0 Å². The standard InChI is InChI=1S/C22H32N2O4S/c25-19(3-5-20(26)21-2-1-17-29-21)4-6-22(27)24-11-8-18(9-12-24)7-10-23-13-15-28-16-14-23/h1-2,17-18H,3-16H2. The molecule has 0 spiro atoms. The molecule has 2 aliphatic rings. The maximum absolute atomic E-state index is 12.4. The summed E-state index contributed by atoms with van der Waals surface area (Å²) in [5, 5.41) is 1.86. The van der Waals surface area contributed by atoms with Crippen molar-refractivity contribution in [3.05, 3.63) is 22.4 Å². The molecule has 0 radical (unpaired) electrons. The quantitative estimate of drug-likeness (QED) is 0.545. The number of morpholine rings is 1. The van der Waals surface area contributed by atoms with E-state index in [0.717, 1.165) is 58.8 Å². The van der Waals surface area contributed by atoms with Crippen molar-refractivity contribution in [2.75, 3.05) is 45.9 Å². The molecule has 1 aromatic rings. The minimum atomic E-state index is 0.00338. The molecule has 0 aliphatic carbocycles. The second-order valence-electron chi connectivity index (χ2n) is 8.01. The summed E-state index contributed by atoms with van der Waals surface area (Å²) >= 11 is 1.40. The van der Waals surface area contributed by atoms with Crippen LogP contribution in [0.4, 0.5) is 0 Å². The van der Waals surface area contributed by atoms with E-state index < -0.39 is 0 Å². The minimum Gasteiger partial charge on any atom is -0.379 e. The first-order valence-corrected chi connectivity index (χ1v) is 11.7. The van der Waals surface area contributed by atoms with E-state index in [4.69, 9.17) is 4.74 Å². The molecule has 2 aliphatic heterocycles.